The lowest BCUT2D eigenvalue weighted by molar-refractivity contribution is -0.132. The molecule has 0 radical (unpaired) electrons. The van der Waals surface area contributed by atoms with Crippen LogP contribution in [-0.4, -0.2) is 35.5 Å². The largest absolute Gasteiger partial charge is 0.507 e. The molecule has 7 heteroatoms. The van der Waals surface area contributed by atoms with Gasteiger partial charge in [0.05, 0.1) is 29.9 Å². The number of rotatable bonds is 5. The van der Waals surface area contributed by atoms with Crippen LogP contribution in [0.3, 0.4) is 0 Å². The summed E-state index contributed by atoms with van der Waals surface area (Å²) in [6.07, 6.45) is 0.393. The van der Waals surface area contributed by atoms with Crippen LogP contribution in [0.5, 0.6) is 5.75 Å². The minimum Gasteiger partial charge on any atom is -0.507 e. The molecule has 0 spiro atoms. The maximum absolute atomic E-state index is 13.4. The van der Waals surface area contributed by atoms with Crippen LogP contribution < -0.4 is 9.64 Å². The van der Waals surface area contributed by atoms with Gasteiger partial charge in [-0.05, 0) is 61.4 Å². The minimum atomic E-state index is -0.882. The zero-order chi connectivity index (χ0) is 25.4. The first-order chi connectivity index (χ1) is 17.3. The monoisotopic (exact) mass is 483 g/mol. The predicted octanol–water partition coefficient (Wildman–Crippen LogP) is 4.81. The second-order valence-corrected chi connectivity index (χ2v) is 9.01. The van der Waals surface area contributed by atoms with Crippen molar-refractivity contribution >= 4 is 29.1 Å². The molecule has 1 fully saturated rings. The Bertz CT molecular complexity index is 1390. The van der Waals surface area contributed by atoms with Crippen LogP contribution in [0.25, 0.3) is 5.76 Å². The summed E-state index contributed by atoms with van der Waals surface area (Å²) in [5.41, 5.74) is 2.62. The lowest BCUT2D eigenvalue weighted by atomic mass is 9.94. The number of hydrogen-bond acceptors (Lipinski definition) is 6. The normalized spacial score (nSPS) is 18.3. The van der Waals surface area contributed by atoms with E-state index in [-0.39, 0.29) is 23.0 Å². The van der Waals surface area contributed by atoms with Gasteiger partial charge in [-0.3, -0.25) is 14.5 Å². The van der Waals surface area contributed by atoms with Crippen LogP contribution >= 0.6 is 0 Å². The Morgan fingerprint density at radius 1 is 1.00 bits per heavy atom. The number of ether oxygens (including phenoxy) is 2. The van der Waals surface area contributed by atoms with E-state index in [9.17, 15) is 19.5 Å². The molecule has 1 amide bonds. The van der Waals surface area contributed by atoms with Gasteiger partial charge in [0.25, 0.3) is 11.7 Å². The van der Waals surface area contributed by atoms with Crippen molar-refractivity contribution < 1.29 is 29.0 Å². The molecule has 3 aromatic carbocycles. The quantitative estimate of drug-likeness (QED) is 0.242. The maximum atomic E-state index is 13.4. The van der Waals surface area contributed by atoms with Gasteiger partial charge in [-0.2, -0.15) is 0 Å². The van der Waals surface area contributed by atoms with E-state index in [2.05, 4.69) is 0 Å². The number of carbonyl (C=O) groups excluding carboxylic acids is 3. The molecule has 0 saturated carbocycles. The summed E-state index contributed by atoms with van der Waals surface area (Å²) in [6, 6.07) is 19.8. The Labute approximate surface area is 208 Å². The number of amides is 1. The number of aliphatic hydroxyl groups is 1. The molecule has 1 N–H and O–H groups in total. The molecule has 36 heavy (non-hydrogen) atoms. The molecule has 2 aliphatic heterocycles. The van der Waals surface area contributed by atoms with Crippen molar-refractivity contribution in [2.24, 2.45) is 0 Å². The number of nitrogens with zero attached hydrogens (tertiary/aromatic N) is 1. The van der Waals surface area contributed by atoms with Crippen molar-refractivity contribution in [3.05, 3.63) is 101 Å². The second-order valence-electron chi connectivity index (χ2n) is 9.01. The first-order valence-electron chi connectivity index (χ1n) is 11.8. The van der Waals surface area contributed by atoms with Crippen LogP contribution in [0.1, 0.15) is 46.9 Å². The molecule has 7 nitrogen and oxygen atoms in total. The van der Waals surface area contributed by atoms with Crippen LogP contribution in [0, 0.1) is 0 Å². The zero-order valence-electron chi connectivity index (χ0n) is 19.9. The first kappa shape index (κ1) is 23.4. The van der Waals surface area contributed by atoms with E-state index < -0.39 is 23.7 Å². The topological polar surface area (TPSA) is 93.1 Å². The summed E-state index contributed by atoms with van der Waals surface area (Å²) in [5.74, 6) is -1.62. The van der Waals surface area contributed by atoms with E-state index in [0.29, 0.717) is 29.8 Å². The molecule has 2 heterocycles. The molecule has 5 rings (SSSR count). The lowest BCUT2D eigenvalue weighted by Crippen LogP contribution is -2.29. The number of carbonyl (C=O) groups is 3. The number of aliphatic hydroxyl groups excluding tert-OH is 1. The molecule has 2 aliphatic rings. The summed E-state index contributed by atoms with van der Waals surface area (Å²) in [6.45, 7) is 4.06. The SMILES string of the molecule is CC(C)OC(=O)c1cccc(N2C(=O)C(=O)/C(=C(\O)c3ccc4c(c3)CCO4)C2c2ccccc2)c1. The van der Waals surface area contributed by atoms with Gasteiger partial charge in [0, 0.05) is 17.7 Å². The molecule has 1 atom stereocenters. The van der Waals surface area contributed by atoms with Gasteiger partial charge in [-0.25, -0.2) is 4.79 Å². The standard InChI is InChI=1S/C29H25NO6/c1-17(2)36-29(34)21-9-6-10-22(16-21)30-25(18-7-4-3-5-8-18)24(27(32)28(30)33)26(31)20-11-12-23-19(15-20)13-14-35-23/h3-12,15-17,25,31H,13-14H2,1-2H3/b26-24-. The third-order valence-electron chi connectivity index (χ3n) is 6.23. The summed E-state index contributed by atoms with van der Waals surface area (Å²) in [4.78, 5) is 40.6. The number of benzene rings is 3. The Morgan fingerprint density at radius 3 is 2.53 bits per heavy atom. The molecule has 1 unspecified atom stereocenters. The maximum Gasteiger partial charge on any atom is 0.338 e. The van der Waals surface area contributed by atoms with E-state index in [1.807, 2.05) is 6.07 Å². The Kier molecular flexibility index (Phi) is 6.06. The van der Waals surface area contributed by atoms with Crippen LogP contribution in [0.4, 0.5) is 5.69 Å². The minimum absolute atomic E-state index is 0.0137. The Hall–Kier alpha value is -4.39. The zero-order valence-corrected chi connectivity index (χ0v) is 19.9. The number of anilines is 1. The third-order valence-corrected chi connectivity index (χ3v) is 6.23. The average Bonchev–Trinajstić information content (AvgIpc) is 3.45. The summed E-state index contributed by atoms with van der Waals surface area (Å²) in [7, 11) is 0. The molecule has 0 aromatic heterocycles. The van der Waals surface area contributed by atoms with E-state index >= 15 is 0 Å². The van der Waals surface area contributed by atoms with Crippen molar-refractivity contribution in [3.8, 4) is 5.75 Å². The summed E-state index contributed by atoms with van der Waals surface area (Å²) < 4.78 is 10.9. The fourth-order valence-corrected chi connectivity index (χ4v) is 4.60. The highest BCUT2D eigenvalue weighted by Crippen LogP contribution is 2.42. The summed E-state index contributed by atoms with van der Waals surface area (Å²) in [5, 5.41) is 11.3. The highest BCUT2D eigenvalue weighted by atomic mass is 16.5. The molecule has 182 valence electrons. The van der Waals surface area contributed by atoms with Gasteiger partial charge < -0.3 is 14.6 Å². The van der Waals surface area contributed by atoms with Gasteiger partial charge in [0.1, 0.15) is 11.5 Å². The van der Waals surface area contributed by atoms with Crippen molar-refractivity contribution in [2.45, 2.75) is 32.4 Å². The molecule has 0 bridgehead atoms. The number of hydrogen-bond donors (Lipinski definition) is 1. The van der Waals surface area contributed by atoms with E-state index in [1.54, 1.807) is 74.5 Å². The van der Waals surface area contributed by atoms with Gasteiger partial charge in [0.2, 0.25) is 0 Å². The highest BCUT2D eigenvalue weighted by Gasteiger charge is 2.47. The van der Waals surface area contributed by atoms with Crippen molar-refractivity contribution in [3.63, 3.8) is 0 Å². The van der Waals surface area contributed by atoms with E-state index in [0.717, 1.165) is 11.3 Å². The van der Waals surface area contributed by atoms with E-state index in [4.69, 9.17) is 9.47 Å². The highest BCUT2D eigenvalue weighted by molar-refractivity contribution is 6.51. The van der Waals surface area contributed by atoms with E-state index in [1.165, 1.54) is 11.0 Å². The lowest BCUT2D eigenvalue weighted by Gasteiger charge is -2.26. The smallest absolute Gasteiger partial charge is 0.338 e. The fraction of sp³-hybridized carbons (Fsp3) is 0.207. The second kappa shape index (κ2) is 9.34. The molecular formula is C29H25NO6. The van der Waals surface area contributed by atoms with Crippen molar-refractivity contribution in [2.75, 3.05) is 11.5 Å². The molecule has 1 saturated heterocycles. The van der Waals surface area contributed by atoms with Crippen molar-refractivity contribution in [1.82, 2.24) is 0 Å². The first-order valence-corrected chi connectivity index (χ1v) is 11.8. The number of esters is 1. The number of Topliss-reactive ketones (excluding diaryl/α,β-unsaturated/α-hetero) is 1. The van der Waals surface area contributed by atoms with Crippen LogP contribution in [0.15, 0.2) is 78.4 Å². The fourth-order valence-electron chi connectivity index (χ4n) is 4.60. The van der Waals surface area contributed by atoms with Crippen molar-refractivity contribution in [1.29, 1.82) is 0 Å². The van der Waals surface area contributed by atoms with Gasteiger partial charge in [-0.1, -0.05) is 36.4 Å². The van der Waals surface area contributed by atoms with Crippen LogP contribution in [0.2, 0.25) is 0 Å². The summed E-state index contributed by atoms with van der Waals surface area (Å²) >= 11 is 0. The molecule has 0 aliphatic carbocycles. The number of fused-ring (bicyclic) bond motifs is 1. The number of ketones is 1. The molecular weight excluding hydrogens is 458 g/mol. The average molecular weight is 484 g/mol. The van der Waals surface area contributed by atoms with Crippen LogP contribution in [-0.2, 0) is 20.7 Å². The van der Waals surface area contributed by atoms with Gasteiger partial charge in [0.15, 0.2) is 0 Å². The Morgan fingerprint density at radius 2 is 1.78 bits per heavy atom. The van der Waals surface area contributed by atoms with Gasteiger partial charge in [-0.15, -0.1) is 0 Å². The predicted molar refractivity (Wildman–Crippen MR) is 134 cm³/mol. The third kappa shape index (κ3) is 4.13. The Balaban J connectivity index is 1.64. The molecule has 3 aromatic rings. The van der Waals surface area contributed by atoms with Gasteiger partial charge >= 0.3 is 5.97 Å².